The molecule has 0 aliphatic carbocycles. The number of aromatic nitrogens is 1. The lowest BCUT2D eigenvalue weighted by atomic mass is 10.1. The van der Waals surface area contributed by atoms with Crippen LogP contribution in [0, 0.1) is 11.3 Å². The first-order chi connectivity index (χ1) is 17.2. The fourth-order valence-electron chi connectivity index (χ4n) is 3.28. The summed E-state index contributed by atoms with van der Waals surface area (Å²) in [6.45, 7) is 0. The Bertz CT molecular complexity index is 1580. The number of carbonyl (C=O) groups excluding carboxylic acids is 2. The molecule has 1 aliphatic heterocycles. The van der Waals surface area contributed by atoms with Crippen LogP contribution in [0.5, 0.6) is 0 Å². The summed E-state index contributed by atoms with van der Waals surface area (Å²) in [5, 5.41) is 12.1. The Hall–Kier alpha value is -4.17. The first-order valence-electron chi connectivity index (χ1n) is 10.3. The van der Waals surface area contributed by atoms with Gasteiger partial charge in [0.2, 0.25) is 9.84 Å². The monoisotopic (exact) mass is 534 g/mol. The maximum Gasteiger partial charge on any atom is 0.270 e. The van der Waals surface area contributed by atoms with E-state index in [1.54, 1.807) is 60.7 Å². The van der Waals surface area contributed by atoms with Crippen LogP contribution in [0.15, 0.2) is 88.4 Å². The lowest BCUT2D eigenvalue weighted by Crippen LogP contribution is -2.54. The minimum atomic E-state index is -4.08. The highest BCUT2D eigenvalue weighted by Crippen LogP contribution is 2.24. The number of nitrogens with zero attached hydrogens (tertiary/aromatic N) is 3. The van der Waals surface area contributed by atoms with Crippen molar-refractivity contribution in [3.05, 3.63) is 99.6 Å². The Balaban J connectivity index is 1.62. The molecular formula is C25H15ClN4O4S2. The van der Waals surface area contributed by atoms with E-state index in [4.69, 9.17) is 23.8 Å². The van der Waals surface area contributed by atoms with Crippen molar-refractivity contribution in [3.8, 4) is 6.07 Å². The number of nitrogens with one attached hydrogen (secondary N) is 1. The number of hydrogen-bond acceptors (Lipinski definition) is 7. The van der Waals surface area contributed by atoms with Gasteiger partial charge < -0.3 is 0 Å². The van der Waals surface area contributed by atoms with E-state index in [0.717, 1.165) is 0 Å². The molecule has 178 valence electrons. The van der Waals surface area contributed by atoms with Crippen LogP contribution in [0.3, 0.4) is 0 Å². The number of halogens is 1. The van der Waals surface area contributed by atoms with Crippen molar-refractivity contribution in [3.63, 3.8) is 0 Å². The maximum atomic E-state index is 13.1. The summed E-state index contributed by atoms with van der Waals surface area (Å²) in [6.07, 6.45) is 3.94. The summed E-state index contributed by atoms with van der Waals surface area (Å²) >= 11 is 11.1. The molecule has 1 aromatic heterocycles. The third-order valence-electron chi connectivity index (χ3n) is 5.04. The fraction of sp³-hybridized carbons (Fsp3) is 0. The molecule has 11 heteroatoms. The van der Waals surface area contributed by atoms with Crippen LogP contribution in [-0.4, -0.2) is 30.3 Å². The predicted octanol–water partition coefficient (Wildman–Crippen LogP) is 3.90. The summed E-state index contributed by atoms with van der Waals surface area (Å²) < 4.78 is 25.4. The van der Waals surface area contributed by atoms with Gasteiger partial charge in [-0.2, -0.15) is 5.26 Å². The van der Waals surface area contributed by atoms with E-state index in [1.807, 2.05) is 0 Å². The van der Waals surface area contributed by atoms with Gasteiger partial charge in [-0.25, -0.2) is 13.4 Å². The SMILES string of the molecule is N#C/C(=C\c1ccc(/C=C2\C(=O)NC(=S)N(c3ccc(Cl)cc3)C2=O)cc1)S(=O)(=O)c1ccccn1. The molecule has 1 fully saturated rings. The standard InChI is InChI=1S/C25H15ClN4O4S2/c26-18-8-10-19(11-9-18)30-24(32)21(23(31)29-25(30)35)14-17-6-4-16(5-7-17)13-20(15-27)36(33,34)22-3-1-2-12-28-22/h1-14H,(H,29,31,35)/b20-13+,21-14+. The molecule has 36 heavy (non-hydrogen) atoms. The molecule has 0 saturated carbocycles. The Morgan fingerprint density at radius 3 is 2.31 bits per heavy atom. The summed E-state index contributed by atoms with van der Waals surface area (Å²) in [7, 11) is -4.08. The summed E-state index contributed by atoms with van der Waals surface area (Å²) in [6, 6.07) is 18.8. The summed E-state index contributed by atoms with van der Waals surface area (Å²) in [4.78, 5) is 30.1. The zero-order chi connectivity index (χ0) is 25.9. The molecular weight excluding hydrogens is 520 g/mol. The van der Waals surface area contributed by atoms with Crippen LogP contribution in [0.25, 0.3) is 12.2 Å². The molecule has 4 rings (SSSR count). The maximum absolute atomic E-state index is 13.1. The number of benzene rings is 2. The van der Waals surface area contributed by atoms with Crippen molar-refractivity contribution < 1.29 is 18.0 Å². The fourth-order valence-corrected chi connectivity index (χ4v) is 4.78. The Labute approximate surface area is 217 Å². The van der Waals surface area contributed by atoms with Crippen molar-refractivity contribution in [2.75, 3.05) is 4.90 Å². The zero-order valence-electron chi connectivity index (χ0n) is 18.3. The quantitative estimate of drug-likeness (QED) is 0.228. The van der Waals surface area contributed by atoms with E-state index < -0.39 is 26.6 Å². The van der Waals surface area contributed by atoms with Crippen LogP contribution in [0.2, 0.25) is 5.02 Å². The molecule has 2 heterocycles. The van der Waals surface area contributed by atoms with Gasteiger partial charge in [-0.3, -0.25) is 19.8 Å². The van der Waals surface area contributed by atoms with Crippen LogP contribution in [0.4, 0.5) is 5.69 Å². The van der Waals surface area contributed by atoms with E-state index in [1.165, 1.54) is 35.4 Å². The van der Waals surface area contributed by atoms with Crippen LogP contribution < -0.4 is 10.2 Å². The Morgan fingerprint density at radius 1 is 1.03 bits per heavy atom. The smallest absolute Gasteiger partial charge is 0.270 e. The van der Waals surface area contributed by atoms with Crippen molar-refractivity contribution in [2.45, 2.75) is 5.03 Å². The molecule has 1 N–H and O–H groups in total. The lowest BCUT2D eigenvalue weighted by molar-refractivity contribution is -0.122. The highest BCUT2D eigenvalue weighted by Gasteiger charge is 2.34. The van der Waals surface area contributed by atoms with Gasteiger partial charge in [-0.05, 0) is 71.9 Å². The van der Waals surface area contributed by atoms with E-state index >= 15 is 0 Å². The number of pyridine rings is 1. The van der Waals surface area contributed by atoms with Gasteiger partial charge in [-0.15, -0.1) is 0 Å². The van der Waals surface area contributed by atoms with Crippen LogP contribution in [0.1, 0.15) is 11.1 Å². The number of amides is 2. The molecule has 2 amide bonds. The number of sulfone groups is 1. The highest BCUT2D eigenvalue weighted by atomic mass is 35.5. The van der Waals surface area contributed by atoms with Crippen molar-refractivity contribution in [1.29, 1.82) is 5.26 Å². The average molecular weight is 535 g/mol. The Kier molecular flexibility index (Phi) is 7.07. The predicted molar refractivity (Wildman–Crippen MR) is 139 cm³/mol. The molecule has 0 unspecified atom stereocenters. The molecule has 0 spiro atoms. The topological polar surface area (TPSA) is 120 Å². The third kappa shape index (κ3) is 5.08. The minimum absolute atomic E-state index is 0.0527. The average Bonchev–Trinajstić information content (AvgIpc) is 2.87. The zero-order valence-corrected chi connectivity index (χ0v) is 20.6. The second kappa shape index (κ2) is 10.2. The number of rotatable bonds is 5. The minimum Gasteiger partial charge on any atom is -0.298 e. The molecule has 1 saturated heterocycles. The second-order valence-electron chi connectivity index (χ2n) is 7.39. The number of anilines is 1. The summed E-state index contributed by atoms with van der Waals surface area (Å²) in [5.41, 5.74) is 1.23. The largest absolute Gasteiger partial charge is 0.298 e. The lowest BCUT2D eigenvalue weighted by Gasteiger charge is -2.28. The Morgan fingerprint density at radius 2 is 1.69 bits per heavy atom. The number of allylic oxidation sites excluding steroid dienone is 1. The molecule has 1 aliphatic rings. The van der Waals surface area contributed by atoms with E-state index in [9.17, 15) is 23.3 Å². The van der Waals surface area contributed by atoms with E-state index in [0.29, 0.717) is 21.8 Å². The van der Waals surface area contributed by atoms with Gasteiger partial charge >= 0.3 is 0 Å². The summed E-state index contributed by atoms with van der Waals surface area (Å²) in [5.74, 6) is -1.25. The van der Waals surface area contributed by atoms with Crippen molar-refractivity contribution >= 4 is 68.4 Å². The molecule has 8 nitrogen and oxygen atoms in total. The number of carbonyl (C=O) groups is 2. The number of hydrogen-bond donors (Lipinski definition) is 1. The highest BCUT2D eigenvalue weighted by molar-refractivity contribution is 7.95. The van der Waals surface area contributed by atoms with Crippen molar-refractivity contribution in [1.82, 2.24) is 10.3 Å². The van der Waals surface area contributed by atoms with Crippen LogP contribution >= 0.6 is 23.8 Å². The molecule has 3 aromatic rings. The number of thiocarbonyl (C=S) groups is 1. The van der Waals surface area contributed by atoms with Gasteiger partial charge in [0, 0.05) is 11.2 Å². The van der Waals surface area contributed by atoms with Gasteiger partial charge in [0.15, 0.2) is 15.0 Å². The van der Waals surface area contributed by atoms with E-state index in [-0.39, 0.29) is 15.7 Å². The second-order valence-corrected chi connectivity index (χ2v) is 10.1. The van der Waals surface area contributed by atoms with Gasteiger partial charge in [0.25, 0.3) is 11.8 Å². The van der Waals surface area contributed by atoms with E-state index in [2.05, 4.69) is 10.3 Å². The first-order valence-corrected chi connectivity index (χ1v) is 12.5. The number of nitriles is 1. The normalized spacial score (nSPS) is 15.6. The van der Waals surface area contributed by atoms with Gasteiger partial charge in [-0.1, -0.05) is 41.9 Å². The molecule has 2 aromatic carbocycles. The van der Waals surface area contributed by atoms with Crippen LogP contribution in [-0.2, 0) is 19.4 Å². The molecule has 0 bridgehead atoms. The van der Waals surface area contributed by atoms with Gasteiger partial charge in [0.05, 0.1) is 5.69 Å². The van der Waals surface area contributed by atoms with Gasteiger partial charge in [0.1, 0.15) is 11.6 Å². The molecule has 0 radical (unpaired) electrons. The first kappa shape index (κ1) is 24.9. The third-order valence-corrected chi connectivity index (χ3v) is 7.16. The van der Waals surface area contributed by atoms with Crippen molar-refractivity contribution in [2.24, 2.45) is 0 Å². The molecule has 0 atom stereocenters.